The maximum absolute atomic E-state index is 12.4. The average molecular weight is 344 g/mol. The molecule has 0 unspecified atom stereocenters. The van der Waals surface area contributed by atoms with Crippen LogP contribution in [-0.4, -0.2) is 54.1 Å². The first kappa shape index (κ1) is 16.8. The van der Waals surface area contributed by atoms with Gasteiger partial charge in [-0.2, -0.15) is 0 Å². The Kier molecular flexibility index (Phi) is 4.60. The van der Waals surface area contributed by atoms with Crippen molar-refractivity contribution in [3.63, 3.8) is 0 Å². The number of hydrogen-bond donors (Lipinski definition) is 1. The molecule has 0 bridgehead atoms. The van der Waals surface area contributed by atoms with Gasteiger partial charge in [0.25, 0.3) is 11.8 Å². The molecule has 1 aromatic carbocycles. The number of rotatable bonds is 5. The fourth-order valence-electron chi connectivity index (χ4n) is 2.64. The Morgan fingerprint density at radius 2 is 1.88 bits per heavy atom. The van der Waals surface area contributed by atoms with Gasteiger partial charge in [-0.15, -0.1) is 0 Å². The summed E-state index contributed by atoms with van der Waals surface area (Å²) >= 11 is 0. The van der Waals surface area contributed by atoms with Crippen LogP contribution in [0.5, 0.6) is 11.5 Å². The number of aromatic nitrogens is 2. The Balaban J connectivity index is 1.71. The van der Waals surface area contributed by atoms with Crippen molar-refractivity contribution in [3.8, 4) is 11.5 Å². The van der Waals surface area contributed by atoms with Gasteiger partial charge in [-0.1, -0.05) is 0 Å². The summed E-state index contributed by atoms with van der Waals surface area (Å²) in [4.78, 5) is 30.2. The molecular formula is C17H20N4O4. The number of amides is 2. The molecule has 8 nitrogen and oxygen atoms in total. The van der Waals surface area contributed by atoms with E-state index < -0.39 is 0 Å². The second-order valence-corrected chi connectivity index (χ2v) is 5.77. The van der Waals surface area contributed by atoms with Gasteiger partial charge in [0, 0.05) is 38.9 Å². The quantitative estimate of drug-likeness (QED) is 0.872. The molecule has 0 saturated carbocycles. The lowest BCUT2D eigenvalue weighted by Crippen LogP contribution is -2.37. The topological polar surface area (TPSA) is 85.7 Å². The van der Waals surface area contributed by atoms with Gasteiger partial charge in [0.15, 0.2) is 5.82 Å². The number of ether oxygens (including phenoxy) is 2. The molecule has 3 rings (SSSR count). The van der Waals surface area contributed by atoms with Gasteiger partial charge in [0.2, 0.25) is 0 Å². The van der Waals surface area contributed by atoms with E-state index in [4.69, 9.17) is 9.47 Å². The van der Waals surface area contributed by atoms with E-state index in [0.29, 0.717) is 37.0 Å². The molecule has 1 aromatic heterocycles. The van der Waals surface area contributed by atoms with Gasteiger partial charge < -0.3 is 24.3 Å². The molecule has 2 heterocycles. The number of imidazole rings is 1. The maximum Gasteiger partial charge on any atom is 0.289 e. The van der Waals surface area contributed by atoms with Crippen LogP contribution < -0.4 is 14.8 Å². The lowest BCUT2D eigenvalue weighted by atomic mass is 10.2. The van der Waals surface area contributed by atoms with Gasteiger partial charge >= 0.3 is 0 Å². The summed E-state index contributed by atoms with van der Waals surface area (Å²) in [7, 11) is 4.86. The van der Waals surface area contributed by atoms with E-state index in [2.05, 4.69) is 10.3 Å². The van der Waals surface area contributed by atoms with E-state index in [1.54, 1.807) is 43.0 Å². The standard InChI is InChI=1S/C17H20N4O4/c1-20-4-5-21-10-14(19-15(21)17(20)23)16(22)18-9-11-6-12(24-2)8-13(7-11)25-3/h6-8,10H,4-5,9H2,1-3H3,(H,18,22). The Morgan fingerprint density at radius 1 is 1.20 bits per heavy atom. The van der Waals surface area contributed by atoms with Crippen molar-refractivity contribution in [2.24, 2.45) is 0 Å². The highest BCUT2D eigenvalue weighted by molar-refractivity contribution is 5.96. The number of benzene rings is 1. The largest absolute Gasteiger partial charge is 0.497 e. The number of hydrogen-bond acceptors (Lipinski definition) is 5. The van der Waals surface area contributed by atoms with Crippen molar-refractivity contribution < 1.29 is 19.1 Å². The summed E-state index contributed by atoms with van der Waals surface area (Å²) in [6, 6.07) is 5.40. The van der Waals surface area contributed by atoms with Crippen LogP contribution in [0.2, 0.25) is 0 Å². The lowest BCUT2D eigenvalue weighted by molar-refractivity contribution is 0.0741. The molecule has 0 spiro atoms. The third-order valence-corrected chi connectivity index (χ3v) is 4.09. The molecule has 132 valence electrons. The van der Waals surface area contributed by atoms with Crippen LogP contribution in [-0.2, 0) is 13.1 Å². The fraction of sp³-hybridized carbons (Fsp3) is 0.353. The van der Waals surface area contributed by atoms with Crippen LogP contribution in [0.25, 0.3) is 0 Å². The summed E-state index contributed by atoms with van der Waals surface area (Å²) in [5, 5.41) is 2.80. The number of nitrogens with one attached hydrogen (secondary N) is 1. The summed E-state index contributed by atoms with van der Waals surface area (Å²) in [6.45, 7) is 1.53. The minimum absolute atomic E-state index is 0.178. The SMILES string of the molecule is COc1cc(CNC(=O)c2cn3c(n2)C(=O)N(C)CC3)cc(OC)c1. The zero-order valence-electron chi connectivity index (χ0n) is 14.4. The van der Waals surface area contributed by atoms with Crippen molar-refractivity contribution >= 4 is 11.8 Å². The van der Waals surface area contributed by atoms with Crippen molar-refractivity contribution in [2.45, 2.75) is 13.1 Å². The van der Waals surface area contributed by atoms with Gasteiger partial charge in [0.05, 0.1) is 14.2 Å². The molecule has 0 saturated heterocycles. The highest BCUT2D eigenvalue weighted by Gasteiger charge is 2.25. The highest BCUT2D eigenvalue weighted by atomic mass is 16.5. The number of fused-ring (bicyclic) bond motifs is 1. The van der Waals surface area contributed by atoms with Gasteiger partial charge in [0.1, 0.15) is 17.2 Å². The molecule has 2 aromatic rings. The number of nitrogens with zero attached hydrogens (tertiary/aromatic N) is 3. The van der Waals surface area contributed by atoms with Crippen molar-refractivity contribution in [1.29, 1.82) is 0 Å². The van der Waals surface area contributed by atoms with Crippen LogP contribution in [0.15, 0.2) is 24.4 Å². The third kappa shape index (κ3) is 3.42. The number of likely N-dealkylation sites (N-methyl/N-ethyl adjacent to an activating group) is 1. The number of carbonyl (C=O) groups is 2. The number of carbonyl (C=O) groups excluding carboxylic acids is 2. The molecule has 1 N–H and O–H groups in total. The normalized spacial score (nSPS) is 13.4. The van der Waals surface area contributed by atoms with Crippen molar-refractivity contribution in [3.05, 3.63) is 41.5 Å². The van der Waals surface area contributed by atoms with Crippen LogP contribution in [0, 0.1) is 0 Å². The summed E-state index contributed by atoms with van der Waals surface area (Å²) < 4.78 is 12.1. The minimum atomic E-state index is -0.334. The van der Waals surface area contributed by atoms with E-state index >= 15 is 0 Å². The second-order valence-electron chi connectivity index (χ2n) is 5.77. The fourth-order valence-corrected chi connectivity index (χ4v) is 2.64. The van der Waals surface area contributed by atoms with E-state index in [-0.39, 0.29) is 17.5 Å². The third-order valence-electron chi connectivity index (χ3n) is 4.09. The lowest BCUT2D eigenvalue weighted by Gasteiger charge is -2.22. The molecule has 8 heteroatoms. The summed E-state index contributed by atoms with van der Waals surface area (Å²) in [5.41, 5.74) is 1.07. The average Bonchev–Trinajstić information content (AvgIpc) is 3.07. The van der Waals surface area contributed by atoms with Crippen LogP contribution in [0.3, 0.4) is 0 Å². The zero-order valence-corrected chi connectivity index (χ0v) is 14.4. The first-order valence-corrected chi connectivity index (χ1v) is 7.84. The van der Waals surface area contributed by atoms with Gasteiger partial charge in [-0.05, 0) is 17.7 Å². The van der Waals surface area contributed by atoms with Crippen LogP contribution in [0.1, 0.15) is 26.7 Å². The molecule has 1 aliphatic heterocycles. The summed E-state index contributed by atoms with van der Waals surface area (Å²) in [5.74, 6) is 1.08. The smallest absolute Gasteiger partial charge is 0.289 e. The highest BCUT2D eigenvalue weighted by Crippen LogP contribution is 2.22. The van der Waals surface area contributed by atoms with Crippen molar-refractivity contribution in [1.82, 2.24) is 19.8 Å². The monoisotopic (exact) mass is 344 g/mol. The molecule has 1 aliphatic rings. The minimum Gasteiger partial charge on any atom is -0.497 e. The molecular weight excluding hydrogens is 324 g/mol. The predicted octanol–water partition coefficient (Wildman–Crippen LogP) is 0.916. The second kappa shape index (κ2) is 6.84. The van der Waals surface area contributed by atoms with Crippen LogP contribution >= 0.6 is 0 Å². The summed E-state index contributed by atoms with van der Waals surface area (Å²) in [6.07, 6.45) is 1.61. The van der Waals surface area contributed by atoms with E-state index in [9.17, 15) is 9.59 Å². The van der Waals surface area contributed by atoms with Crippen molar-refractivity contribution in [2.75, 3.05) is 27.8 Å². The molecule has 0 radical (unpaired) electrons. The zero-order chi connectivity index (χ0) is 18.0. The molecule has 0 aliphatic carbocycles. The van der Waals surface area contributed by atoms with E-state index in [1.165, 1.54) is 0 Å². The molecule has 0 atom stereocenters. The Hall–Kier alpha value is -3.03. The number of methoxy groups -OCH3 is 2. The predicted molar refractivity (Wildman–Crippen MR) is 89.9 cm³/mol. The van der Waals surface area contributed by atoms with Crippen LogP contribution in [0.4, 0.5) is 0 Å². The van der Waals surface area contributed by atoms with E-state index in [0.717, 1.165) is 5.56 Å². The first-order chi connectivity index (χ1) is 12.0. The van der Waals surface area contributed by atoms with Gasteiger partial charge in [-0.25, -0.2) is 4.98 Å². The maximum atomic E-state index is 12.4. The molecule has 2 amide bonds. The Bertz CT molecular complexity index is 793. The first-order valence-electron chi connectivity index (χ1n) is 7.84. The van der Waals surface area contributed by atoms with Gasteiger partial charge in [-0.3, -0.25) is 9.59 Å². The Labute approximate surface area is 145 Å². The molecule has 0 fully saturated rings. The Morgan fingerprint density at radius 3 is 2.52 bits per heavy atom. The molecule has 25 heavy (non-hydrogen) atoms. The van der Waals surface area contributed by atoms with E-state index in [1.807, 2.05) is 12.1 Å².